The Bertz CT molecular complexity index is 1040. The van der Waals surface area contributed by atoms with Crippen LogP contribution in [0, 0.1) is 0 Å². The molecule has 0 N–H and O–H groups in total. The predicted octanol–water partition coefficient (Wildman–Crippen LogP) is 21.5. The minimum atomic E-state index is -0.761. The Balaban J connectivity index is 4.13. The molecule has 0 aromatic rings. The number of rotatable bonds is 60. The Morgan fingerprint density at radius 1 is 0.229 bits per heavy atom. The van der Waals surface area contributed by atoms with E-state index in [1.165, 1.54) is 276 Å². The molecule has 6 heteroatoms. The van der Waals surface area contributed by atoms with E-state index in [1.54, 1.807) is 0 Å². The van der Waals surface area contributed by atoms with E-state index in [0.29, 0.717) is 19.3 Å². The zero-order valence-electron chi connectivity index (χ0n) is 47.8. The normalized spacial score (nSPS) is 11.9. The maximum atomic E-state index is 12.8. The lowest BCUT2D eigenvalue weighted by molar-refractivity contribution is -0.167. The van der Waals surface area contributed by atoms with Crippen LogP contribution >= 0.6 is 0 Å². The first kappa shape index (κ1) is 68.4. The molecule has 0 saturated heterocycles. The van der Waals surface area contributed by atoms with Gasteiger partial charge in [-0.25, -0.2) is 0 Å². The van der Waals surface area contributed by atoms with E-state index < -0.39 is 6.10 Å². The van der Waals surface area contributed by atoms with Crippen LogP contribution in [-0.4, -0.2) is 37.2 Å². The molecule has 0 aromatic heterocycles. The summed E-state index contributed by atoms with van der Waals surface area (Å²) >= 11 is 0. The quantitative estimate of drug-likeness (QED) is 0.0343. The van der Waals surface area contributed by atoms with Crippen molar-refractivity contribution >= 4 is 17.9 Å². The van der Waals surface area contributed by atoms with Crippen molar-refractivity contribution in [3.05, 3.63) is 0 Å². The Labute approximate surface area is 438 Å². The number of esters is 3. The molecule has 0 fully saturated rings. The molecule has 0 aliphatic rings. The van der Waals surface area contributed by atoms with E-state index in [9.17, 15) is 14.4 Å². The molecule has 416 valence electrons. The van der Waals surface area contributed by atoms with Crippen molar-refractivity contribution in [1.29, 1.82) is 0 Å². The minimum absolute atomic E-state index is 0.0608. The first-order valence-electron chi connectivity index (χ1n) is 32.0. The fourth-order valence-electron chi connectivity index (χ4n) is 10.0. The van der Waals surface area contributed by atoms with Gasteiger partial charge in [-0.3, -0.25) is 14.4 Å². The molecule has 1 atom stereocenters. The zero-order chi connectivity index (χ0) is 50.7. The monoisotopic (exact) mass is 989 g/mol. The lowest BCUT2D eigenvalue weighted by atomic mass is 10.0. The second-order valence-electron chi connectivity index (χ2n) is 22.1. The van der Waals surface area contributed by atoms with Crippen molar-refractivity contribution in [3.63, 3.8) is 0 Å². The second-order valence-corrected chi connectivity index (χ2v) is 22.1. The highest BCUT2D eigenvalue weighted by atomic mass is 16.6. The summed E-state index contributed by atoms with van der Waals surface area (Å²) < 4.78 is 16.9. The highest BCUT2D eigenvalue weighted by Gasteiger charge is 2.19. The molecular formula is C64H124O6. The van der Waals surface area contributed by atoms with Crippen molar-refractivity contribution in [2.45, 2.75) is 380 Å². The summed E-state index contributed by atoms with van der Waals surface area (Å²) in [5.41, 5.74) is 0. The molecule has 70 heavy (non-hydrogen) atoms. The van der Waals surface area contributed by atoms with E-state index in [4.69, 9.17) is 14.2 Å². The number of hydrogen-bond acceptors (Lipinski definition) is 6. The summed E-state index contributed by atoms with van der Waals surface area (Å²) in [6, 6.07) is 0. The highest BCUT2D eigenvalue weighted by molar-refractivity contribution is 5.71. The summed E-state index contributed by atoms with van der Waals surface area (Å²) in [6.07, 6.45) is 68.3. The van der Waals surface area contributed by atoms with E-state index in [1.807, 2.05) is 0 Å². The smallest absolute Gasteiger partial charge is 0.306 e. The first-order chi connectivity index (χ1) is 34.5. The van der Waals surface area contributed by atoms with Crippen molar-refractivity contribution < 1.29 is 28.6 Å². The molecule has 0 radical (unpaired) electrons. The van der Waals surface area contributed by atoms with Crippen LogP contribution in [0.3, 0.4) is 0 Å². The van der Waals surface area contributed by atoms with Gasteiger partial charge in [0.25, 0.3) is 0 Å². The minimum Gasteiger partial charge on any atom is -0.462 e. The second kappa shape index (κ2) is 60.0. The zero-order valence-corrected chi connectivity index (χ0v) is 47.8. The number of hydrogen-bond donors (Lipinski definition) is 0. The number of ether oxygens (including phenoxy) is 3. The molecule has 0 saturated carbocycles. The molecule has 0 rings (SSSR count). The van der Waals surface area contributed by atoms with Gasteiger partial charge in [0.05, 0.1) is 0 Å². The van der Waals surface area contributed by atoms with Crippen molar-refractivity contribution in [2.75, 3.05) is 13.2 Å². The summed E-state index contributed by atoms with van der Waals surface area (Å²) in [4.78, 5) is 38.2. The van der Waals surface area contributed by atoms with E-state index in [-0.39, 0.29) is 31.1 Å². The maximum Gasteiger partial charge on any atom is 0.306 e. The molecule has 0 aliphatic carbocycles. The summed E-state index contributed by atoms with van der Waals surface area (Å²) in [7, 11) is 0. The third-order valence-corrected chi connectivity index (χ3v) is 14.9. The van der Waals surface area contributed by atoms with E-state index >= 15 is 0 Å². The Morgan fingerprint density at radius 2 is 0.386 bits per heavy atom. The number of carbonyl (C=O) groups excluding carboxylic acids is 3. The molecule has 0 heterocycles. The maximum absolute atomic E-state index is 12.8. The van der Waals surface area contributed by atoms with Crippen molar-refractivity contribution in [2.24, 2.45) is 0 Å². The van der Waals surface area contributed by atoms with Crippen LogP contribution in [0.25, 0.3) is 0 Å². The van der Waals surface area contributed by atoms with Crippen molar-refractivity contribution in [1.82, 2.24) is 0 Å². The average Bonchev–Trinajstić information content (AvgIpc) is 3.36. The van der Waals surface area contributed by atoms with Gasteiger partial charge in [-0.2, -0.15) is 0 Å². The lowest BCUT2D eigenvalue weighted by Gasteiger charge is -2.18. The van der Waals surface area contributed by atoms with Gasteiger partial charge < -0.3 is 14.2 Å². The van der Waals surface area contributed by atoms with E-state index in [2.05, 4.69) is 20.8 Å². The summed E-state index contributed by atoms with van der Waals surface area (Å²) in [6.45, 7) is 6.71. The fourth-order valence-corrected chi connectivity index (χ4v) is 10.0. The van der Waals surface area contributed by atoms with Gasteiger partial charge in [0.15, 0.2) is 6.10 Å². The summed E-state index contributed by atoms with van der Waals surface area (Å²) in [5.74, 6) is -0.829. The molecule has 6 nitrogen and oxygen atoms in total. The van der Waals surface area contributed by atoms with Gasteiger partial charge in [0.1, 0.15) is 13.2 Å². The Hall–Kier alpha value is -1.59. The van der Waals surface area contributed by atoms with Crippen molar-refractivity contribution in [3.8, 4) is 0 Å². The molecule has 0 spiro atoms. The van der Waals surface area contributed by atoms with Crippen LogP contribution in [0.1, 0.15) is 374 Å². The number of unbranched alkanes of at least 4 members (excludes halogenated alkanes) is 49. The lowest BCUT2D eigenvalue weighted by Crippen LogP contribution is -2.30. The fraction of sp³-hybridized carbons (Fsp3) is 0.953. The van der Waals surface area contributed by atoms with Crippen LogP contribution in [0.2, 0.25) is 0 Å². The standard InChI is InChI=1S/C64H124O6/c1-4-7-10-13-16-19-22-25-26-27-28-29-30-31-32-33-34-35-36-37-40-42-45-48-51-54-57-63(66)69-60-61(70-64(67)58-55-52-49-46-43-39-24-21-18-15-12-9-6-3)59-68-62(65)56-53-50-47-44-41-38-23-20-17-14-11-8-5-2/h61H,4-60H2,1-3H3. The van der Waals surface area contributed by atoms with Crippen LogP contribution in [0.5, 0.6) is 0 Å². The molecular weight excluding hydrogens is 865 g/mol. The van der Waals surface area contributed by atoms with Crippen LogP contribution in [0.4, 0.5) is 0 Å². The SMILES string of the molecule is CCCCCCCCCCCCCCCCCCCCCCCCCCCCC(=O)OCC(COC(=O)CCCCCCCCCCCCCCC)OC(=O)CCCCCCCCCCCCCCC. The van der Waals surface area contributed by atoms with Gasteiger partial charge in [-0.1, -0.05) is 335 Å². The third kappa shape index (κ3) is 57.3. The Kier molecular flexibility index (Phi) is 58.6. The van der Waals surface area contributed by atoms with Gasteiger partial charge in [-0.15, -0.1) is 0 Å². The molecule has 1 unspecified atom stereocenters. The van der Waals surface area contributed by atoms with Crippen LogP contribution in [0.15, 0.2) is 0 Å². The summed E-state index contributed by atoms with van der Waals surface area (Å²) in [5, 5.41) is 0. The first-order valence-corrected chi connectivity index (χ1v) is 32.0. The molecule has 0 amide bonds. The van der Waals surface area contributed by atoms with E-state index in [0.717, 1.165) is 57.8 Å². The van der Waals surface area contributed by atoms with Gasteiger partial charge in [0.2, 0.25) is 0 Å². The Morgan fingerprint density at radius 3 is 0.571 bits per heavy atom. The topological polar surface area (TPSA) is 78.9 Å². The van der Waals surface area contributed by atoms with Crippen LogP contribution in [-0.2, 0) is 28.6 Å². The molecule has 0 aliphatic heterocycles. The van der Waals surface area contributed by atoms with Gasteiger partial charge >= 0.3 is 17.9 Å². The van der Waals surface area contributed by atoms with Crippen LogP contribution < -0.4 is 0 Å². The number of carbonyl (C=O) groups is 3. The third-order valence-electron chi connectivity index (χ3n) is 14.9. The van der Waals surface area contributed by atoms with Gasteiger partial charge in [0, 0.05) is 19.3 Å². The predicted molar refractivity (Wildman–Crippen MR) is 303 cm³/mol. The molecule has 0 aromatic carbocycles. The van der Waals surface area contributed by atoms with Gasteiger partial charge in [-0.05, 0) is 19.3 Å². The average molecular weight is 990 g/mol. The highest BCUT2D eigenvalue weighted by Crippen LogP contribution is 2.19. The molecule has 0 bridgehead atoms. The largest absolute Gasteiger partial charge is 0.462 e.